The predicted molar refractivity (Wildman–Crippen MR) is 43.1 cm³/mol. The Labute approximate surface area is 67.2 Å². The van der Waals surface area contributed by atoms with Crippen molar-refractivity contribution >= 4 is 5.97 Å². The minimum atomic E-state index is -0.211. The average molecular weight is 154 g/mol. The molecule has 0 aliphatic carbocycles. The number of hydrogen-bond donors (Lipinski definition) is 0. The van der Waals surface area contributed by atoms with E-state index in [1.54, 1.807) is 0 Å². The molecule has 11 heavy (non-hydrogen) atoms. The van der Waals surface area contributed by atoms with Gasteiger partial charge in [0.2, 0.25) is 0 Å². The summed E-state index contributed by atoms with van der Waals surface area (Å²) in [7, 11) is 0. The normalized spacial score (nSPS) is 25.0. The van der Waals surface area contributed by atoms with Crippen molar-refractivity contribution in [3.8, 4) is 0 Å². The molecule has 1 fully saturated rings. The Morgan fingerprint density at radius 3 is 3.00 bits per heavy atom. The second kappa shape index (κ2) is 3.56. The van der Waals surface area contributed by atoms with Gasteiger partial charge in [-0.05, 0) is 18.8 Å². The molecule has 1 unspecified atom stereocenters. The van der Waals surface area contributed by atoms with Crippen molar-refractivity contribution in [3.05, 3.63) is 12.2 Å². The fourth-order valence-corrected chi connectivity index (χ4v) is 1.38. The maximum absolute atomic E-state index is 10.8. The Hall–Kier alpha value is -0.790. The Balaban J connectivity index is 2.40. The zero-order valence-corrected chi connectivity index (χ0v) is 6.93. The molecule has 1 saturated heterocycles. The first kappa shape index (κ1) is 8.31. The van der Waals surface area contributed by atoms with E-state index in [4.69, 9.17) is 4.74 Å². The van der Waals surface area contributed by atoms with Crippen LogP contribution in [-0.2, 0) is 9.53 Å². The lowest BCUT2D eigenvalue weighted by atomic mass is 9.94. The lowest BCUT2D eigenvalue weighted by Gasteiger charge is -2.22. The number of rotatable bonds is 2. The third kappa shape index (κ3) is 2.07. The van der Waals surface area contributed by atoms with E-state index in [0.717, 1.165) is 19.3 Å². The molecule has 1 atom stereocenters. The van der Waals surface area contributed by atoms with Crippen molar-refractivity contribution in [2.45, 2.75) is 26.2 Å². The smallest absolute Gasteiger partial charge is 0.333 e. The van der Waals surface area contributed by atoms with Crippen LogP contribution < -0.4 is 0 Å². The van der Waals surface area contributed by atoms with Gasteiger partial charge in [-0.15, -0.1) is 0 Å². The number of hydrogen-bond acceptors (Lipinski definition) is 2. The van der Waals surface area contributed by atoms with Gasteiger partial charge in [0.25, 0.3) is 0 Å². The van der Waals surface area contributed by atoms with Crippen LogP contribution >= 0.6 is 0 Å². The maximum Gasteiger partial charge on any atom is 0.333 e. The van der Waals surface area contributed by atoms with Crippen LogP contribution in [0.4, 0.5) is 0 Å². The topological polar surface area (TPSA) is 26.3 Å². The summed E-state index contributed by atoms with van der Waals surface area (Å²) in [5.41, 5.74) is 0.634. The van der Waals surface area contributed by atoms with Gasteiger partial charge in [-0.2, -0.15) is 0 Å². The van der Waals surface area contributed by atoms with E-state index in [9.17, 15) is 4.79 Å². The van der Waals surface area contributed by atoms with Crippen LogP contribution in [0.3, 0.4) is 0 Å². The third-order valence-corrected chi connectivity index (χ3v) is 1.97. The van der Waals surface area contributed by atoms with Gasteiger partial charge in [0.1, 0.15) is 0 Å². The quantitative estimate of drug-likeness (QED) is 0.448. The highest BCUT2D eigenvalue weighted by Gasteiger charge is 2.22. The Bertz CT molecular complexity index is 172. The van der Waals surface area contributed by atoms with Gasteiger partial charge in [-0.1, -0.05) is 19.9 Å². The van der Waals surface area contributed by atoms with Crippen molar-refractivity contribution in [1.82, 2.24) is 0 Å². The van der Waals surface area contributed by atoms with Crippen molar-refractivity contribution < 1.29 is 9.53 Å². The third-order valence-electron chi connectivity index (χ3n) is 1.97. The van der Waals surface area contributed by atoms with Crippen molar-refractivity contribution in [2.75, 3.05) is 6.61 Å². The van der Waals surface area contributed by atoms with Crippen molar-refractivity contribution in [1.29, 1.82) is 0 Å². The summed E-state index contributed by atoms with van der Waals surface area (Å²) in [5.74, 6) is 0.308. The molecule has 0 bridgehead atoms. The molecule has 0 spiro atoms. The zero-order valence-electron chi connectivity index (χ0n) is 6.93. The van der Waals surface area contributed by atoms with Crippen LogP contribution in [-0.4, -0.2) is 12.6 Å². The molecule has 0 radical (unpaired) electrons. The number of cyclic esters (lactones) is 1. The molecule has 1 heterocycles. The van der Waals surface area contributed by atoms with E-state index in [1.807, 2.05) is 0 Å². The lowest BCUT2D eigenvalue weighted by Crippen LogP contribution is -2.23. The molecule has 1 rings (SSSR count). The maximum atomic E-state index is 10.8. The van der Waals surface area contributed by atoms with Crippen LogP contribution in [0.25, 0.3) is 0 Å². The highest BCUT2D eigenvalue weighted by atomic mass is 16.5. The lowest BCUT2D eigenvalue weighted by molar-refractivity contribution is -0.143. The van der Waals surface area contributed by atoms with Gasteiger partial charge in [0, 0.05) is 5.57 Å². The van der Waals surface area contributed by atoms with Crippen LogP contribution in [0.2, 0.25) is 0 Å². The molecular weight excluding hydrogens is 140 g/mol. The minimum absolute atomic E-state index is 0.211. The molecule has 2 heteroatoms. The first-order chi connectivity index (χ1) is 5.24. The predicted octanol–water partition coefficient (Wildman–Crippen LogP) is 1.91. The summed E-state index contributed by atoms with van der Waals surface area (Å²) in [6.07, 6.45) is 3.11. The molecule has 0 aromatic rings. The molecule has 62 valence electrons. The van der Waals surface area contributed by atoms with E-state index in [0.29, 0.717) is 18.1 Å². The van der Waals surface area contributed by atoms with Crippen LogP contribution in [0, 0.1) is 5.92 Å². The van der Waals surface area contributed by atoms with Gasteiger partial charge in [-0.3, -0.25) is 0 Å². The first-order valence-electron chi connectivity index (χ1n) is 4.09. The van der Waals surface area contributed by atoms with Gasteiger partial charge >= 0.3 is 5.97 Å². The highest BCUT2D eigenvalue weighted by molar-refractivity contribution is 5.88. The SMILES string of the molecule is C=C1CC(CCC)COC1=O. The Morgan fingerprint density at radius 2 is 2.45 bits per heavy atom. The Morgan fingerprint density at radius 1 is 1.73 bits per heavy atom. The fourth-order valence-electron chi connectivity index (χ4n) is 1.38. The summed E-state index contributed by atoms with van der Waals surface area (Å²) in [5, 5.41) is 0. The van der Waals surface area contributed by atoms with E-state index in [2.05, 4.69) is 13.5 Å². The number of carbonyl (C=O) groups excluding carboxylic acids is 1. The van der Waals surface area contributed by atoms with Crippen molar-refractivity contribution in [3.63, 3.8) is 0 Å². The van der Waals surface area contributed by atoms with Crippen LogP contribution in [0.5, 0.6) is 0 Å². The van der Waals surface area contributed by atoms with Crippen molar-refractivity contribution in [2.24, 2.45) is 5.92 Å². The summed E-state index contributed by atoms with van der Waals surface area (Å²) in [4.78, 5) is 10.8. The average Bonchev–Trinajstić information content (AvgIpc) is 1.98. The second-order valence-electron chi connectivity index (χ2n) is 3.06. The number of esters is 1. The molecular formula is C9H14O2. The van der Waals surface area contributed by atoms with Gasteiger partial charge in [-0.25, -0.2) is 4.79 Å². The van der Waals surface area contributed by atoms with Gasteiger partial charge in [0.15, 0.2) is 0 Å². The second-order valence-corrected chi connectivity index (χ2v) is 3.06. The number of carbonyl (C=O) groups is 1. The van der Waals surface area contributed by atoms with E-state index in [1.165, 1.54) is 0 Å². The number of ether oxygens (including phenoxy) is 1. The highest BCUT2D eigenvalue weighted by Crippen LogP contribution is 2.22. The minimum Gasteiger partial charge on any atom is -0.462 e. The largest absolute Gasteiger partial charge is 0.462 e. The van der Waals surface area contributed by atoms with E-state index in [-0.39, 0.29) is 5.97 Å². The molecule has 0 saturated carbocycles. The van der Waals surface area contributed by atoms with E-state index < -0.39 is 0 Å². The molecule has 1 aliphatic rings. The van der Waals surface area contributed by atoms with Crippen LogP contribution in [0.1, 0.15) is 26.2 Å². The zero-order chi connectivity index (χ0) is 8.27. The Kier molecular flexibility index (Phi) is 2.69. The van der Waals surface area contributed by atoms with Gasteiger partial charge in [0.05, 0.1) is 6.61 Å². The standard InChI is InChI=1S/C9H14O2/c1-3-4-8-5-7(2)9(10)11-6-8/h8H,2-6H2,1H3. The van der Waals surface area contributed by atoms with Crippen LogP contribution in [0.15, 0.2) is 12.2 Å². The fraction of sp³-hybridized carbons (Fsp3) is 0.667. The monoisotopic (exact) mass is 154 g/mol. The van der Waals surface area contributed by atoms with Gasteiger partial charge < -0.3 is 4.74 Å². The first-order valence-corrected chi connectivity index (χ1v) is 4.09. The summed E-state index contributed by atoms with van der Waals surface area (Å²) < 4.78 is 4.92. The van der Waals surface area contributed by atoms with E-state index >= 15 is 0 Å². The molecule has 0 aromatic heterocycles. The molecule has 0 N–H and O–H groups in total. The summed E-state index contributed by atoms with van der Waals surface area (Å²) in [6, 6.07) is 0. The molecule has 0 aromatic carbocycles. The summed E-state index contributed by atoms with van der Waals surface area (Å²) >= 11 is 0. The summed E-state index contributed by atoms with van der Waals surface area (Å²) in [6.45, 7) is 6.38. The molecule has 2 nitrogen and oxygen atoms in total. The molecule has 1 aliphatic heterocycles. The molecule has 0 amide bonds.